The molecule has 0 amide bonds. The summed E-state index contributed by atoms with van der Waals surface area (Å²) in [4.78, 5) is 4.34. The van der Waals surface area contributed by atoms with Crippen molar-refractivity contribution in [1.82, 2.24) is 15.6 Å². The minimum absolute atomic E-state index is 0.00311. The summed E-state index contributed by atoms with van der Waals surface area (Å²) in [6, 6.07) is 6.50. The second-order valence-corrected chi connectivity index (χ2v) is 8.55. The molecular weight excluding hydrogens is 356 g/mol. The van der Waals surface area contributed by atoms with Gasteiger partial charge < -0.3 is 10.6 Å². The van der Waals surface area contributed by atoms with Gasteiger partial charge in [0.15, 0.2) is 0 Å². The van der Waals surface area contributed by atoms with Gasteiger partial charge in [0, 0.05) is 47.7 Å². The van der Waals surface area contributed by atoms with Crippen molar-refractivity contribution < 1.29 is 8.78 Å². The molecule has 0 radical (unpaired) electrons. The maximum absolute atomic E-state index is 14.9. The lowest BCUT2D eigenvalue weighted by Gasteiger charge is -2.20. The second kappa shape index (κ2) is 7.90. The third-order valence-corrected chi connectivity index (χ3v) is 5.24. The minimum Gasteiger partial charge on any atom is -0.386 e. The highest BCUT2D eigenvalue weighted by Crippen LogP contribution is 2.32. The summed E-state index contributed by atoms with van der Waals surface area (Å²) in [5, 5.41) is 6.66. The van der Waals surface area contributed by atoms with E-state index in [0.717, 1.165) is 24.2 Å². The largest absolute Gasteiger partial charge is 0.386 e. The SMILES string of the molecule is CCC1CC(NC(C)c2cc(F)c(-c3ccnc(C(C)(C)C)c3)c(F)c2)=CN1. The molecule has 1 aliphatic rings. The fourth-order valence-corrected chi connectivity index (χ4v) is 3.44. The molecule has 2 heterocycles. The van der Waals surface area contributed by atoms with Crippen LogP contribution in [-0.4, -0.2) is 11.0 Å². The van der Waals surface area contributed by atoms with Crippen LogP contribution in [-0.2, 0) is 5.41 Å². The standard InChI is InChI=1S/C23H29F2N3/c1-6-17-12-18(13-27-17)28-14(2)16-9-19(24)22(20(25)10-16)15-7-8-26-21(11-15)23(3,4)5/h7-11,13-14,17,27-28H,6,12H2,1-5H3. The first kappa shape index (κ1) is 20.3. The lowest BCUT2D eigenvalue weighted by Crippen LogP contribution is -2.20. The molecule has 150 valence electrons. The number of hydrogen-bond acceptors (Lipinski definition) is 3. The zero-order valence-corrected chi connectivity index (χ0v) is 17.2. The molecular formula is C23H29F2N3. The maximum Gasteiger partial charge on any atom is 0.134 e. The zero-order valence-electron chi connectivity index (χ0n) is 17.2. The lowest BCUT2D eigenvalue weighted by molar-refractivity contribution is 0.556. The molecule has 2 aromatic rings. The van der Waals surface area contributed by atoms with E-state index in [4.69, 9.17) is 0 Å². The molecule has 28 heavy (non-hydrogen) atoms. The molecule has 5 heteroatoms. The van der Waals surface area contributed by atoms with Crippen LogP contribution >= 0.6 is 0 Å². The van der Waals surface area contributed by atoms with Crippen LogP contribution < -0.4 is 10.6 Å². The summed E-state index contributed by atoms with van der Waals surface area (Å²) in [7, 11) is 0. The Balaban J connectivity index is 1.85. The van der Waals surface area contributed by atoms with Crippen LogP contribution in [0.3, 0.4) is 0 Å². The zero-order chi connectivity index (χ0) is 20.5. The van der Waals surface area contributed by atoms with Crippen LogP contribution in [0.15, 0.2) is 42.4 Å². The lowest BCUT2D eigenvalue weighted by atomic mass is 9.89. The van der Waals surface area contributed by atoms with Crippen molar-refractivity contribution in [3.05, 3.63) is 65.3 Å². The first-order valence-corrected chi connectivity index (χ1v) is 9.86. The minimum atomic E-state index is -0.556. The summed E-state index contributed by atoms with van der Waals surface area (Å²) in [5.41, 5.74) is 2.76. The number of benzene rings is 1. The topological polar surface area (TPSA) is 37.0 Å². The van der Waals surface area contributed by atoms with E-state index in [-0.39, 0.29) is 17.0 Å². The average Bonchev–Trinajstić information content (AvgIpc) is 3.08. The van der Waals surface area contributed by atoms with Crippen molar-refractivity contribution in [3.63, 3.8) is 0 Å². The van der Waals surface area contributed by atoms with Crippen LogP contribution in [0.1, 0.15) is 64.8 Å². The molecule has 2 unspecified atom stereocenters. The number of aromatic nitrogens is 1. The van der Waals surface area contributed by atoms with Gasteiger partial charge in [0.25, 0.3) is 0 Å². The van der Waals surface area contributed by atoms with E-state index in [1.807, 2.05) is 33.9 Å². The summed E-state index contributed by atoms with van der Waals surface area (Å²) < 4.78 is 29.8. The van der Waals surface area contributed by atoms with Crippen molar-refractivity contribution in [1.29, 1.82) is 0 Å². The molecule has 1 aromatic carbocycles. The van der Waals surface area contributed by atoms with Gasteiger partial charge in [-0.1, -0.05) is 27.7 Å². The average molecular weight is 386 g/mol. The highest BCUT2D eigenvalue weighted by molar-refractivity contribution is 5.65. The van der Waals surface area contributed by atoms with E-state index in [1.165, 1.54) is 12.1 Å². The third-order valence-electron chi connectivity index (χ3n) is 5.24. The summed E-state index contributed by atoms with van der Waals surface area (Å²) in [5.74, 6) is -1.11. The molecule has 2 N–H and O–H groups in total. The molecule has 3 nitrogen and oxygen atoms in total. The van der Waals surface area contributed by atoms with Crippen LogP contribution in [0.5, 0.6) is 0 Å². The first-order valence-electron chi connectivity index (χ1n) is 9.86. The Labute approximate surface area is 166 Å². The van der Waals surface area contributed by atoms with E-state index in [9.17, 15) is 8.78 Å². The number of hydrogen-bond donors (Lipinski definition) is 2. The molecule has 0 fully saturated rings. The second-order valence-electron chi connectivity index (χ2n) is 8.55. The predicted molar refractivity (Wildman–Crippen MR) is 110 cm³/mol. The van der Waals surface area contributed by atoms with Crippen LogP contribution in [0.4, 0.5) is 8.78 Å². The van der Waals surface area contributed by atoms with E-state index in [2.05, 4.69) is 22.5 Å². The van der Waals surface area contributed by atoms with Crippen molar-refractivity contribution in [3.8, 4) is 11.1 Å². The van der Waals surface area contributed by atoms with Gasteiger partial charge in [-0.2, -0.15) is 0 Å². The fourth-order valence-electron chi connectivity index (χ4n) is 3.44. The van der Waals surface area contributed by atoms with Gasteiger partial charge in [-0.3, -0.25) is 4.98 Å². The maximum atomic E-state index is 14.9. The molecule has 0 aliphatic carbocycles. The van der Waals surface area contributed by atoms with E-state index < -0.39 is 11.6 Å². The van der Waals surface area contributed by atoms with Crippen LogP contribution in [0.25, 0.3) is 11.1 Å². The number of nitrogens with zero attached hydrogens (tertiary/aromatic N) is 1. The quantitative estimate of drug-likeness (QED) is 0.705. The fraction of sp³-hybridized carbons (Fsp3) is 0.435. The smallest absolute Gasteiger partial charge is 0.134 e. The Bertz CT molecular complexity index is 861. The highest BCUT2D eigenvalue weighted by Gasteiger charge is 2.21. The van der Waals surface area contributed by atoms with Crippen molar-refractivity contribution in [2.75, 3.05) is 0 Å². The number of nitrogens with one attached hydrogen (secondary N) is 2. The molecule has 1 aliphatic heterocycles. The Morgan fingerprint density at radius 3 is 2.46 bits per heavy atom. The van der Waals surface area contributed by atoms with Gasteiger partial charge in [0.05, 0.1) is 5.56 Å². The summed E-state index contributed by atoms with van der Waals surface area (Å²) >= 11 is 0. The molecule has 0 saturated heterocycles. The van der Waals surface area contributed by atoms with Gasteiger partial charge in [-0.25, -0.2) is 8.78 Å². The number of halogens is 2. The molecule has 0 saturated carbocycles. The molecule has 0 bridgehead atoms. The molecule has 2 atom stereocenters. The van der Waals surface area contributed by atoms with Crippen LogP contribution in [0.2, 0.25) is 0 Å². The van der Waals surface area contributed by atoms with E-state index >= 15 is 0 Å². The van der Waals surface area contributed by atoms with Crippen LogP contribution in [0, 0.1) is 11.6 Å². The van der Waals surface area contributed by atoms with Crippen molar-refractivity contribution in [2.45, 2.75) is 65.0 Å². The predicted octanol–water partition coefficient (Wildman–Crippen LogP) is 5.59. The summed E-state index contributed by atoms with van der Waals surface area (Å²) in [6.45, 7) is 10.1. The van der Waals surface area contributed by atoms with E-state index in [1.54, 1.807) is 18.3 Å². The Hall–Kier alpha value is -2.43. The third kappa shape index (κ3) is 4.34. The van der Waals surface area contributed by atoms with Gasteiger partial charge in [-0.05, 0) is 48.7 Å². The number of pyridine rings is 1. The van der Waals surface area contributed by atoms with Gasteiger partial charge in [0.1, 0.15) is 11.6 Å². The molecule has 0 spiro atoms. The van der Waals surface area contributed by atoms with Gasteiger partial charge in [0.2, 0.25) is 0 Å². The molecule has 1 aromatic heterocycles. The normalized spacial score (nSPS) is 17.8. The first-order chi connectivity index (χ1) is 13.2. The Morgan fingerprint density at radius 2 is 1.89 bits per heavy atom. The Morgan fingerprint density at radius 1 is 1.21 bits per heavy atom. The van der Waals surface area contributed by atoms with Crippen molar-refractivity contribution >= 4 is 0 Å². The highest BCUT2D eigenvalue weighted by atomic mass is 19.1. The Kier molecular flexibility index (Phi) is 5.73. The van der Waals surface area contributed by atoms with Gasteiger partial charge >= 0.3 is 0 Å². The van der Waals surface area contributed by atoms with Gasteiger partial charge in [-0.15, -0.1) is 0 Å². The number of rotatable bonds is 5. The van der Waals surface area contributed by atoms with Crippen molar-refractivity contribution in [2.24, 2.45) is 0 Å². The van der Waals surface area contributed by atoms with E-state index in [0.29, 0.717) is 17.2 Å². The summed E-state index contributed by atoms with van der Waals surface area (Å²) in [6.07, 6.45) is 5.50. The molecule has 3 rings (SSSR count). The monoisotopic (exact) mass is 385 g/mol.